The third-order valence-corrected chi connectivity index (χ3v) is 5.66. The first-order chi connectivity index (χ1) is 15.2. The Kier molecular flexibility index (Phi) is 6.74. The van der Waals surface area contributed by atoms with Gasteiger partial charge in [0, 0.05) is 38.0 Å². The number of ether oxygens (including phenoxy) is 2. The molecule has 2 aromatic carbocycles. The van der Waals surface area contributed by atoms with Crippen LogP contribution in [0.4, 0.5) is 5.69 Å². The summed E-state index contributed by atoms with van der Waals surface area (Å²) < 4.78 is 10.8. The lowest BCUT2D eigenvalue weighted by molar-refractivity contribution is -0.118. The predicted octanol–water partition coefficient (Wildman–Crippen LogP) is 2.76. The lowest BCUT2D eigenvalue weighted by atomic mass is 9.89. The van der Waals surface area contributed by atoms with E-state index in [2.05, 4.69) is 9.89 Å². The summed E-state index contributed by atoms with van der Waals surface area (Å²) in [6.07, 6.45) is 2.60. The van der Waals surface area contributed by atoms with Crippen LogP contribution < -0.4 is 9.64 Å². The fraction of sp³-hybridized carbons (Fsp3) is 0.375. The summed E-state index contributed by atoms with van der Waals surface area (Å²) in [6.45, 7) is 5.06. The van der Waals surface area contributed by atoms with Gasteiger partial charge in [-0.05, 0) is 30.2 Å². The molecule has 0 spiro atoms. The lowest BCUT2D eigenvalue weighted by Crippen LogP contribution is -2.45. The Bertz CT molecular complexity index is 969. The quantitative estimate of drug-likeness (QED) is 0.391. The second kappa shape index (κ2) is 9.85. The molecule has 2 aliphatic heterocycles. The highest BCUT2D eigenvalue weighted by atomic mass is 16.5. The van der Waals surface area contributed by atoms with E-state index in [-0.39, 0.29) is 11.8 Å². The predicted molar refractivity (Wildman–Crippen MR) is 119 cm³/mol. The Morgan fingerprint density at radius 2 is 1.84 bits per heavy atom. The van der Waals surface area contributed by atoms with E-state index in [1.807, 2.05) is 24.3 Å². The molecule has 0 saturated carbocycles. The van der Waals surface area contributed by atoms with Gasteiger partial charge in [-0.25, -0.2) is 4.90 Å². The van der Waals surface area contributed by atoms with Crippen LogP contribution in [0.5, 0.6) is 5.75 Å². The molecule has 162 valence electrons. The molecule has 7 heteroatoms. The zero-order chi connectivity index (χ0) is 21.6. The van der Waals surface area contributed by atoms with Gasteiger partial charge in [0.25, 0.3) is 5.91 Å². The molecule has 2 amide bonds. The average Bonchev–Trinajstić information content (AvgIpc) is 2.82. The van der Waals surface area contributed by atoms with Crippen molar-refractivity contribution in [3.63, 3.8) is 0 Å². The minimum Gasteiger partial charge on any atom is -0.495 e. The van der Waals surface area contributed by atoms with Crippen molar-refractivity contribution in [3.05, 3.63) is 59.7 Å². The van der Waals surface area contributed by atoms with Crippen LogP contribution in [-0.4, -0.2) is 69.4 Å². The molecule has 31 heavy (non-hydrogen) atoms. The van der Waals surface area contributed by atoms with E-state index in [9.17, 15) is 9.59 Å². The summed E-state index contributed by atoms with van der Waals surface area (Å²) >= 11 is 0. The molecule has 2 heterocycles. The van der Waals surface area contributed by atoms with Gasteiger partial charge in [-0.3, -0.25) is 19.5 Å². The van der Waals surface area contributed by atoms with Crippen LogP contribution in [0.15, 0.2) is 53.5 Å². The van der Waals surface area contributed by atoms with Crippen molar-refractivity contribution in [2.75, 3.05) is 51.4 Å². The maximum absolute atomic E-state index is 13.4. The van der Waals surface area contributed by atoms with Gasteiger partial charge in [-0.2, -0.15) is 0 Å². The van der Waals surface area contributed by atoms with E-state index < -0.39 is 5.92 Å². The molecule has 0 N–H and O–H groups in total. The summed E-state index contributed by atoms with van der Waals surface area (Å²) in [5.41, 5.74) is 1.65. The van der Waals surface area contributed by atoms with E-state index in [0.717, 1.165) is 39.3 Å². The summed E-state index contributed by atoms with van der Waals surface area (Å²) in [5.74, 6) is -0.792. The Hall–Kier alpha value is -3.03. The molecule has 0 radical (unpaired) electrons. The first-order valence-corrected chi connectivity index (χ1v) is 10.6. The molecular formula is C24H27N3O4. The second-order valence-corrected chi connectivity index (χ2v) is 7.58. The van der Waals surface area contributed by atoms with Crippen LogP contribution in [0.3, 0.4) is 0 Å². The van der Waals surface area contributed by atoms with Crippen LogP contribution in [0.2, 0.25) is 0 Å². The van der Waals surface area contributed by atoms with E-state index in [1.165, 1.54) is 12.0 Å². The third kappa shape index (κ3) is 4.52. The largest absolute Gasteiger partial charge is 0.495 e. The molecule has 1 saturated heterocycles. The van der Waals surface area contributed by atoms with Crippen LogP contribution in [0.25, 0.3) is 0 Å². The molecule has 4 rings (SSSR count). The highest BCUT2D eigenvalue weighted by Gasteiger charge is 2.39. The highest BCUT2D eigenvalue weighted by Crippen LogP contribution is 2.36. The molecule has 1 fully saturated rings. The Morgan fingerprint density at radius 1 is 1.10 bits per heavy atom. The number of carbonyl (C=O) groups is 2. The summed E-state index contributed by atoms with van der Waals surface area (Å²) in [7, 11) is 1.53. The monoisotopic (exact) mass is 421 g/mol. The number of para-hydroxylation sites is 2. The topological polar surface area (TPSA) is 71.4 Å². The number of anilines is 1. The van der Waals surface area contributed by atoms with E-state index >= 15 is 0 Å². The number of fused-ring (bicyclic) bond motifs is 1. The first kappa shape index (κ1) is 21.2. The van der Waals surface area contributed by atoms with Crippen LogP contribution >= 0.6 is 0 Å². The number of nitrogens with zero attached hydrogens (tertiary/aromatic N) is 3. The maximum Gasteiger partial charge on any atom is 0.265 e. The number of aliphatic imine (C=N–C) groups is 1. The average molecular weight is 421 g/mol. The first-order valence-electron chi connectivity index (χ1n) is 10.6. The number of benzene rings is 2. The van der Waals surface area contributed by atoms with Gasteiger partial charge in [0.15, 0.2) is 0 Å². The molecule has 7 nitrogen and oxygen atoms in total. The van der Waals surface area contributed by atoms with Gasteiger partial charge in [0.1, 0.15) is 5.75 Å². The summed E-state index contributed by atoms with van der Waals surface area (Å²) in [6, 6.07) is 14.3. The number of rotatable bonds is 7. The lowest BCUT2D eigenvalue weighted by Gasteiger charge is -2.31. The van der Waals surface area contributed by atoms with Crippen LogP contribution in [0, 0.1) is 0 Å². The molecule has 0 unspecified atom stereocenters. The molecule has 2 aromatic rings. The van der Waals surface area contributed by atoms with Crippen LogP contribution in [-0.2, 0) is 9.53 Å². The minimum atomic E-state index is -0.609. The highest BCUT2D eigenvalue weighted by molar-refractivity contribution is 6.29. The fourth-order valence-electron chi connectivity index (χ4n) is 4.03. The van der Waals surface area contributed by atoms with Gasteiger partial charge in [0.2, 0.25) is 5.91 Å². The molecule has 0 aliphatic carbocycles. The number of amides is 2. The second-order valence-electron chi connectivity index (χ2n) is 7.58. The zero-order valence-corrected chi connectivity index (χ0v) is 17.7. The van der Waals surface area contributed by atoms with E-state index in [1.54, 1.807) is 30.5 Å². The van der Waals surface area contributed by atoms with Crippen molar-refractivity contribution in [2.45, 2.75) is 12.3 Å². The number of morpholine rings is 1. The van der Waals surface area contributed by atoms with Crippen molar-refractivity contribution in [2.24, 2.45) is 4.99 Å². The van der Waals surface area contributed by atoms with Crippen molar-refractivity contribution < 1.29 is 19.1 Å². The minimum absolute atomic E-state index is 0.315. The fourth-order valence-corrected chi connectivity index (χ4v) is 4.03. The number of hydrogen-bond donors (Lipinski definition) is 0. The van der Waals surface area contributed by atoms with Gasteiger partial charge in [-0.1, -0.05) is 30.3 Å². The van der Waals surface area contributed by atoms with E-state index in [0.29, 0.717) is 29.1 Å². The van der Waals surface area contributed by atoms with Crippen LogP contribution in [0.1, 0.15) is 28.3 Å². The molecule has 0 aromatic heterocycles. The van der Waals surface area contributed by atoms with E-state index in [4.69, 9.17) is 9.47 Å². The molecule has 2 aliphatic rings. The summed E-state index contributed by atoms with van der Waals surface area (Å²) in [4.78, 5) is 34.7. The Balaban J connectivity index is 1.54. The van der Waals surface area contributed by atoms with Gasteiger partial charge >= 0.3 is 0 Å². The normalized spacial score (nSPS) is 19.6. The van der Waals surface area contributed by atoms with Crippen molar-refractivity contribution >= 4 is 23.7 Å². The molecular weight excluding hydrogens is 394 g/mol. The number of imide groups is 1. The van der Waals surface area contributed by atoms with Crippen molar-refractivity contribution in [1.82, 2.24) is 4.90 Å². The number of hydrogen-bond acceptors (Lipinski definition) is 6. The SMILES string of the molecule is COc1ccccc1N1C(=O)c2ccccc2[C@H](C=NCCCN2CCOCC2)C1=O. The Labute approximate surface area is 182 Å². The third-order valence-electron chi connectivity index (χ3n) is 5.66. The molecule has 1 atom stereocenters. The maximum atomic E-state index is 13.4. The number of carbonyl (C=O) groups excluding carboxylic acids is 2. The molecule has 0 bridgehead atoms. The van der Waals surface area contributed by atoms with Gasteiger partial charge < -0.3 is 9.47 Å². The smallest absolute Gasteiger partial charge is 0.265 e. The Morgan fingerprint density at radius 3 is 2.65 bits per heavy atom. The summed E-state index contributed by atoms with van der Waals surface area (Å²) in [5, 5.41) is 0. The van der Waals surface area contributed by atoms with Gasteiger partial charge in [-0.15, -0.1) is 0 Å². The van der Waals surface area contributed by atoms with Gasteiger partial charge in [0.05, 0.1) is 31.9 Å². The number of methoxy groups -OCH3 is 1. The van der Waals surface area contributed by atoms with Crippen molar-refractivity contribution in [1.29, 1.82) is 0 Å². The zero-order valence-electron chi connectivity index (χ0n) is 17.7. The standard InChI is InChI=1S/C24H27N3O4/c1-30-22-10-5-4-9-21(22)27-23(28)19-8-3-2-7-18(19)20(24(27)29)17-25-11-6-12-26-13-15-31-16-14-26/h2-5,7-10,17,20H,6,11-16H2,1H3/t20-/m0/s1. The van der Waals surface area contributed by atoms with Crippen molar-refractivity contribution in [3.8, 4) is 5.75 Å².